The van der Waals surface area contributed by atoms with E-state index in [1.54, 1.807) is 12.1 Å². The van der Waals surface area contributed by atoms with Crippen LogP contribution in [0, 0.1) is 0 Å². The van der Waals surface area contributed by atoms with Crippen molar-refractivity contribution in [2.45, 2.75) is 18.6 Å². The van der Waals surface area contributed by atoms with E-state index in [1.807, 2.05) is 6.07 Å². The lowest BCUT2D eigenvalue weighted by atomic mass is 10.0. The summed E-state index contributed by atoms with van der Waals surface area (Å²) in [6.45, 7) is 0.689. The van der Waals surface area contributed by atoms with Gasteiger partial charge in [-0.25, -0.2) is 0 Å². The second-order valence-electron chi connectivity index (χ2n) is 3.41. The van der Waals surface area contributed by atoms with Crippen molar-refractivity contribution in [1.82, 2.24) is 0 Å². The molecule has 4 heteroatoms. The van der Waals surface area contributed by atoms with Gasteiger partial charge >= 0.3 is 0 Å². The van der Waals surface area contributed by atoms with Gasteiger partial charge in [0.15, 0.2) is 0 Å². The minimum absolute atomic E-state index is 0.0194. The molecule has 2 rings (SSSR count). The summed E-state index contributed by atoms with van der Waals surface area (Å²) in [5, 5.41) is 1.32. The van der Waals surface area contributed by atoms with Gasteiger partial charge in [0.05, 0.1) is 6.10 Å². The fourth-order valence-electron chi connectivity index (χ4n) is 1.66. The molecule has 2 nitrogen and oxygen atoms in total. The van der Waals surface area contributed by atoms with Crippen LogP contribution < -0.4 is 5.73 Å². The van der Waals surface area contributed by atoms with E-state index >= 15 is 0 Å². The molecule has 0 saturated carbocycles. The molecule has 0 aliphatic carbocycles. The molecule has 2 N–H and O–H groups in total. The number of hydrogen-bond acceptors (Lipinski definition) is 2. The minimum Gasteiger partial charge on any atom is -0.372 e. The van der Waals surface area contributed by atoms with Crippen LogP contribution >= 0.6 is 23.2 Å². The summed E-state index contributed by atoms with van der Waals surface area (Å²) in [7, 11) is 0. The largest absolute Gasteiger partial charge is 0.372 e. The van der Waals surface area contributed by atoms with Gasteiger partial charge in [-0.05, 0) is 24.6 Å². The monoisotopic (exact) mass is 231 g/mol. The highest BCUT2D eigenvalue weighted by Crippen LogP contribution is 2.34. The maximum atomic E-state index is 6.05. The Bertz CT molecular complexity index is 343. The Hall–Kier alpha value is -0.280. The molecule has 1 fully saturated rings. The summed E-state index contributed by atoms with van der Waals surface area (Å²) in [6.07, 6.45) is 0.759. The van der Waals surface area contributed by atoms with Crippen molar-refractivity contribution in [1.29, 1.82) is 0 Å². The van der Waals surface area contributed by atoms with Gasteiger partial charge < -0.3 is 10.5 Å². The van der Waals surface area contributed by atoms with Crippen molar-refractivity contribution in [3.63, 3.8) is 0 Å². The van der Waals surface area contributed by atoms with E-state index in [0.717, 1.165) is 12.0 Å². The van der Waals surface area contributed by atoms with E-state index in [4.69, 9.17) is 33.7 Å². The number of hydrogen-bond donors (Lipinski definition) is 1. The smallest absolute Gasteiger partial charge is 0.0991 e. The molecule has 1 aromatic rings. The molecule has 1 heterocycles. The minimum atomic E-state index is -0.110. The van der Waals surface area contributed by atoms with E-state index in [2.05, 4.69) is 0 Å². The number of nitrogens with two attached hydrogens (primary N) is 1. The van der Waals surface area contributed by atoms with Crippen LogP contribution in [0.5, 0.6) is 0 Å². The van der Waals surface area contributed by atoms with Crippen molar-refractivity contribution in [2.75, 3.05) is 6.61 Å². The first-order valence-corrected chi connectivity index (χ1v) is 5.26. The molecule has 0 bridgehead atoms. The number of ether oxygens (including phenoxy) is 1. The highest BCUT2D eigenvalue weighted by molar-refractivity contribution is 6.33. The van der Waals surface area contributed by atoms with Gasteiger partial charge in [-0.2, -0.15) is 0 Å². The van der Waals surface area contributed by atoms with Crippen LogP contribution in [0.3, 0.4) is 0 Å². The summed E-state index contributed by atoms with van der Waals surface area (Å²) in [4.78, 5) is 0. The van der Waals surface area contributed by atoms with Gasteiger partial charge in [0.2, 0.25) is 0 Å². The van der Waals surface area contributed by atoms with Gasteiger partial charge in [-0.1, -0.05) is 23.2 Å². The molecule has 1 aliphatic rings. The number of rotatable bonds is 1. The lowest BCUT2D eigenvalue weighted by Crippen LogP contribution is -2.23. The molecule has 14 heavy (non-hydrogen) atoms. The van der Waals surface area contributed by atoms with Gasteiger partial charge in [-0.15, -0.1) is 0 Å². The van der Waals surface area contributed by atoms with E-state index in [0.29, 0.717) is 16.7 Å². The fraction of sp³-hybridized carbons (Fsp3) is 0.400. The van der Waals surface area contributed by atoms with Crippen LogP contribution in [0.15, 0.2) is 18.2 Å². The molecule has 1 saturated heterocycles. The molecule has 2 atom stereocenters. The lowest BCUT2D eigenvalue weighted by molar-refractivity contribution is 0.105. The average Bonchev–Trinajstić information content (AvgIpc) is 2.56. The van der Waals surface area contributed by atoms with Crippen molar-refractivity contribution in [3.8, 4) is 0 Å². The van der Waals surface area contributed by atoms with Crippen LogP contribution in [0.25, 0.3) is 0 Å². The van der Waals surface area contributed by atoms with Crippen molar-refractivity contribution >= 4 is 23.2 Å². The Morgan fingerprint density at radius 3 is 2.79 bits per heavy atom. The Morgan fingerprint density at radius 1 is 1.36 bits per heavy atom. The molecule has 0 radical (unpaired) electrons. The van der Waals surface area contributed by atoms with E-state index in [1.165, 1.54) is 0 Å². The zero-order valence-electron chi connectivity index (χ0n) is 7.54. The maximum Gasteiger partial charge on any atom is 0.0991 e. The summed E-state index contributed by atoms with van der Waals surface area (Å²) in [5.41, 5.74) is 6.80. The van der Waals surface area contributed by atoms with Crippen LogP contribution in [0.2, 0.25) is 10.0 Å². The lowest BCUT2D eigenvalue weighted by Gasteiger charge is -2.16. The summed E-state index contributed by atoms with van der Waals surface area (Å²) in [5.74, 6) is 0. The third kappa shape index (κ3) is 1.89. The molecule has 2 unspecified atom stereocenters. The highest BCUT2D eigenvalue weighted by atomic mass is 35.5. The normalized spacial score (nSPS) is 26.8. The molecule has 1 aliphatic heterocycles. The summed E-state index contributed by atoms with van der Waals surface area (Å²) < 4.78 is 5.52. The predicted molar refractivity (Wildman–Crippen MR) is 57.7 cm³/mol. The van der Waals surface area contributed by atoms with Gasteiger partial charge in [0, 0.05) is 28.3 Å². The third-order valence-electron chi connectivity index (χ3n) is 2.40. The highest BCUT2D eigenvalue weighted by Gasteiger charge is 2.28. The van der Waals surface area contributed by atoms with Crippen molar-refractivity contribution in [3.05, 3.63) is 33.8 Å². The first kappa shape index (κ1) is 10.2. The van der Waals surface area contributed by atoms with Crippen molar-refractivity contribution < 1.29 is 4.74 Å². The molecule has 76 valence electrons. The van der Waals surface area contributed by atoms with Crippen LogP contribution in [0.4, 0.5) is 0 Å². The zero-order chi connectivity index (χ0) is 10.1. The van der Waals surface area contributed by atoms with Crippen molar-refractivity contribution in [2.24, 2.45) is 5.73 Å². The second kappa shape index (κ2) is 4.07. The van der Waals surface area contributed by atoms with Gasteiger partial charge in [0.1, 0.15) is 0 Å². The number of benzene rings is 1. The fourth-order valence-corrected chi connectivity index (χ4v) is 2.06. The van der Waals surface area contributed by atoms with Crippen LogP contribution in [-0.4, -0.2) is 12.6 Å². The second-order valence-corrected chi connectivity index (χ2v) is 4.25. The standard InChI is InChI=1S/C10H11Cl2NO/c11-6-1-2-8(12)7(5-6)10-9(13)3-4-14-10/h1-2,5,9-10H,3-4,13H2. The molecule has 0 amide bonds. The van der Waals surface area contributed by atoms with Gasteiger partial charge in [-0.3, -0.25) is 0 Å². The molecule has 0 spiro atoms. The molecular weight excluding hydrogens is 221 g/mol. The molecule has 0 aromatic heterocycles. The third-order valence-corrected chi connectivity index (χ3v) is 2.98. The van der Waals surface area contributed by atoms with Crippen LogP contribution in [-0.2, 0) is 4.74 Å². The Kier molecular flexibility index (Phi) is 2.98. The molecular formula is C10H11Cl2NO. The number of halogens is 2. The Balaban J connectivity index is 2.34. The summed E-state index contributed by atoms with van der Waals surface area (Å²) in [6, 6.07) is 5.37. The van der Waals surface area contributed by atoms with Crippen LogP contribution in [0.1, 0.15) is 18.1 Å². The topological polar surface area (TPSA) is 35.2 Å². The molecule has 1 aromatic carbocycles. The zero-order valence-corrected chi connectivity index (χ0v) is 9.05. The first-order chi connectivity index (χ1) is 6.68. The first-order valence-electron chi connectivity index (χ1n) is 4.50. The van der Waals surface area contributed by atoms with E-state index in [-0.39, 0.29) is 12.1 Å². The SMILES string of the molecule is NC1CCOC1c1cc(Cl)ccc1Cl. The Labute approximate surface area is 92.9 Å². The van der Waals surface area contributed by atoms with E-state index < -0.39 is 0 Å². The quantitative estimate of drug-likeness (QED) is 0.807. The summed E-state index contributed by atoms with van der Waals surface area (Å²) >= 11 is 11.9. The Morgan fingerprint density at radius 2 is 2.14 bits per heavy atom. The van der Waals surface area contributed by atoms with Gasteiger partial charge in [0.25, 0.3) is 0 Å². The van der Waals surface area contributed by atoms with E-state index in [9.17, 15) is 0 Å². The average molecular weight is 232 g/mol. The maximum absolute atomic E-state index is 6.05. The predicted octanol–water partition coefficient (Wildman–Crippen LogP) is 2.78.